The molecule has 1 fully saturated rings. The van der Waals surface area contributed by atoms with Gasteiger partial charge in [-0.15, -0.1) is 10.2 Å². The summed E-state index contributed by atoms with van der Waals surface area (Å²) in [6, 6.07) is 7.57. The first-order valence-corrected chi connectivity index (χ1v) is 11.1. The molecule has 1 aromatic carbocycles. The van der Waals surface area contributed by atoms with Crippen molar-refractivity contribution in [3.63, 3.8) is 0 Å². The number of nitrogens with zero attached hydrogens (tertiary/aromatic N) is 2. The third-order valence-corrected chi connectivity index (χ3v) is 6.98. The van der Waals surface area contributed by atoms with Gasteiger partial charge in [0.25, 0.3) is 5.22 Å². The van der Waals surface area contributed by atoms with Crippen LogP contribution < -0.4 is 5.32 Å². The van der Waals surface area contributed by atoms with Gasteiger partial charge >= 0.3 is 0 Å². The number of anilines is 1. The normalized spacial score (nSPS) is 20.0. The molecule has 0 radical (unpaired) electrons. The molecule has 9 heteroatoms. The quantitative estimate of drug-likeness (QED) is 0.750. The molecule has 1 amide bonds. The van der Waals surface area contributed by atoms with Crippen LogP contribution in [0.1, 0.15) is 24.8 Å². The molecule has 0 unspecified atom stereocenters. The van der Waals surface area contributed by atoms with Crippen molar-refractivity contribution >= 4 is 33.2 Å². The van der Waals surface area contributed by atoms with Crippen molar-refractivity contribution in [2.45, 2.75) is 37.2 Å². The minimum absolute atomic E-state index is 0.0283. The zero-order valence-corrected chi connectivity index (χ0v) is 16.3. The molecule has 26 heavy (non-hydrogen) atoms. The van der Waals surface area contributed by atoms with Crippen LogP contribution in [0, 0.1) is 12.8 Å². The molecule has 0 bridgehead atoms. The Morgan fingerprint density at radius 1 is 1.35 bits per heavy atom. The molecule has 1 aromatic heterocycles. The van der Waals surface area contributed by atoms with Crippen LogP contribution in [0.25, 0.3) is 0 Å². The van der Waals surface area contributed by atoms with Gasteiger partial charge in [0.15, 0.2) is 9.84 Å². The summed E-state index contributed by atoms with van der Waals surface area (Å²) >= 11 is 1.18. The minimum Gasteiger partial charge on any atom is -0.416 e. The average molecular weight is 396 g/mol. The number of thioether (sulfide) groups is 1. The Bertz CT molecular complexity index is 878. The van der Waals surface area contributed by atoms with E-state index in [4.69, 9.17) is 4.42 Å². The molecule has 0 aliphatic carbocycles. The first-order valence-electron chi connectivity index (χ1n) is 8.38. The van der Waals surface area contributed by atoms with Gasteiger partial charge in [-0.3, -0.25) is 4.79 Å². The van der Waals surface area contributed by atoms with Crippen molar-refractivity contribution in [1.82, 2.24) is 10.2 Å². The molecule has 0 spiro atoms. The summed E-state index contributed by atoms with van der Waals surface area (Å²) in [5, 5.41) is 10.7. The van der Waals surface area contributed by atoms with E-state index in [1.54, 1.807) is 6.92 Å². The van der Waals surface area contributed by atoms with Gasteiger partial charge in [0.05, 0.1) is 16.8 Å². The van der Waals surface area contributed by atoms with Crippen LogP contribution in [0.15, 0.2) is 33.9 Å². The van der Waals surface area contributed by atoms with E-state index < -0.39 is 15.1 Å². The predicted octanol–water partition coefficient (Wildman–Crippen LogP) is 2.47. The Labute approximate surface area is 156 Å². The molecule has 140 valence electrons. The van der Waals surface area contributed by atoms with E-state index in [-0.39, 0.29) is 23.3 Å². The number of rotatable bonds is 6. The van der Waals surface area contributed by atoms with E-state index in [0.29, 0.717) is 24.0 Å². The second-order valence-electron chi connectivity index (χ2n) is 6.55. The standard InChI is InChI=1S/C17H21N3O4S2/c1-11-3-5-14(6-4-11)18-16(21)12(2)25-17-20-19-15(24-17)9-13-7-8-26(22,23)10-13/h3-6,12-13H,7-10H2,1-2H3,(H,18,21)/t12-,13+/m1/s1. The number of aryl methyl sites for hydroxylation is 1. The van der Waals surface area contributed by atoms with Crippen LogP contribution in [0.2, 0.25) is 0 Å². The maximum atomic E-state index is 12.3. The SMILES string of the molecule is Cc1ccc(NC(=O)[C@@H](C)Sc2nnc(C[C@@H]3CCS(=O)(=O)C3)o2)cc1. The van der Waals surface area contributed by atoms with Gasteiger partial charge in [0.2, 0.25) is 11.8 Å². The summed E-state index contributed by atoms with van der Waals surface area (Å²) in [6.45, 7) is 3.75. The van der Waals surface area contributed by atoms with E-state index in [1.165, 1.54) is 11.8 Å². The Hall–Kier alpha value is -1.87. The van der Waals surface area contributed by atoms with Crippen LogP contribution in [0.4, 0.5) is 5.69 Å². The fourth-order valence-corrected chi connectivity index (χ4v) is 5.30. The number of nitrogens with one attached hydrogen (secondary N) is 1. The second kappa shape index (κ2) is 7.79. The molecular weight excluding hydrogens is 374 g/mol. The first-order chi connectivity index (χ1) is 12.3. The van der Waals surface area contributed by atoms with Gasteiger partial charge in [0.1, 0.15) is 0 Å². The lowest BCUT2D eigenvalue weighted by Crippen LogP contribution is -2.22. The lowest BCUT2D eigenvalue weighted by atomic mass is 10.1. The number of carbonyl (C=O) groups excluding carboxylic acids is 1. The predicted molar refractivity (Wildman–Crippen MR) is 99.9 cm³/mol. The zero-order valence-electron chi connectivity index (χ0n) is 14.6. The molecule has 1 N–H and O–H groups in total. The Morgan fingerprint density at radius 2 is 2.08 bits per heavy atom. The number of benzene rings is 1. The number of sulfone groups is 1. The molecule has 2 heterocycles. The topological polar surface area (TPSA) is 102 Å². The van der Waals surface area contributed by atoms with E-state index >= 15 is 0 Å². The summed E-state index contributed by atoms with van der Waals surface area (Å²) in [6.07, 6.45) is 1.08. The number of aromatic nitrogens is 2. The van der Waals surface area contributed by atoms with Crippen molar-refractivity contribution in [2.24, 2.45) is 5.92 Å². The smallest absolute Gasteiger partial charge is 0.277 e. The van der Waals surface area contributed by atoms with Crippen LogP contribution in [0.5, 0.6) is 0 Å². The summed E-state index contributed by atoms with van der Waals surface area (Å²) in [5.41, 5.74) is 1.86. The second-order valence-corrected chi connectivity index (χ2v) is 10.1. The lowest BCUT2D eigenvalue weighted by molar-refractivity contribution is -0.115. The molecule has 0 saturated carbocycles. The molecule has 3 rings (SSSR count). The largest absolute Gasteiger partial charge is 0.416 e. The Morgan fingerprint density at radius 3 is 2.73 bits per heavy atom. The number of hydrogen-bond donors (Lipinski definition) is 1. The van der Waals surface area contributed by atoms with Crippen LogP contribution in [-0.2, 0) is 21.1 Å². The number of amides is 1. The molecule has 7 nitrogen and oxygen atoms in total. The van der Waals surface area contributed by atoms with E-state index in [1.807, 2.05) is 31.2 Å². The van der Waals surface area contributed by atoms with Crippen LogP contribution >= 0.6 is 11.8 Å². The van der Waals surface area contributed by atoms with E-state index in [2.05, 4.69) is 15.5 Å². The Balaban J connectivity index is 1.53. The number of carbonyl (C=O) groups is 1. The molecule has 1 aliphatic rings. The monoisotopic (exact) mass is 395 g/mol. The highest BCUT2D eigenvalue weighted by atomic mass is 32.2. The van der Waals surface area contributed by atoms with Crippen molar-refractivity contribution < 1.29 is 17.6 Å². The van der Waals surface area contributed by atoms with Gasteiger partial charge in [0, 0.05) is 12.1 Å². The van der Waals surface area contributed by atoms with Crippen LogP contribution in [0.3, 0.4) is 0 Å². The van der Waals surface area contributed by atoms with Crippen molar-refractivity contribution in [1.29, 1.82) is 0 Å². The summed E-state index contributed by atoms with van der Waals surface area (Å²) < 4.78 is 28.6. The van der Waals surface area contributed by atoms with Crippen molar-refractivity contribution in [2.75, 3.05) is 16.8 Å². The van der Waals surface area contributed by atoms with E-state index in [9.17, 15) is 13.2 Å². The van der Waals surface area contributed by atoms with Gasteiger partial charge < -0.3 is 9.73 Å². The molecule has 1 aliphatic heterocycles. The summed E-state index contributed by atoms with van der Waals surface area (Å²) in [7, 11) is -2.92. The highest BCUT2D eigenvalue weighted by Crippen LogP contribution is 2.26. The van der Waals surface area contributed by atoms with Gasteiger partial charge in [-0.25, -0.2) is 8.42 Å². The first kappa shape index (κ1) is 18.9. The van der Waals surface area contributed by atoms with Gasteiger partial charge in [-0.2, -0.15) is 0 Å². The Kier molecular flexibility index (Phi) is 5.67. The molecule has 2 atom stereocenters. The minimum atomic E-state index is -2.92. The summed E-state index contributed by atoms with van der Waals surface area (Å²) in [4.78, 5) is 12.3. The fraction of sp³-hybridized carbons (Fsp3) is 0.471. The number of hydrogen-bond acceptors (Lipinski definition) is 7. The third kappa shape index (κ3) is 5.07. The maximum absolute atomic E-state index is 12.3. The highest BCUT2D eigenvalue weighted by Gasteiger charge is 2.29. The maximum Gasteiger partial charge on any atom is 0.277 e. The van der Waals surface area contributed by atoms with E-state index in [0.717, 1.165) is 11.3 Å². The average Bonchev–Trinajstić information content (AvgIpc) is 3.15. The lowest BCUT2D eigenvalue weighted by Gasteiger charge is -2.10. The third-order valence-electron chi connectivity index (χ3n) is 4.20. The fourth-order valence-electron chi connectivity index (χ4n) is 2.73. The van der Waals surface area contributed by atoms with Crippen LogP contribution in [-0.4, -0.2) is 41.3 Å². The van der Waals surface area contributed by atoms with Gasteiger partial charge in [-0.05, 0) is 38.3 Å². The highest BCUT2D eigenvalue weighted by molar-refractivity contribution is 8.00. The molecular formula is C17H21N3O4S2. The zero-order chi connectivity index (χ0) is 18.7. The molecule has 1 saturated heterocycles. The van der Waals surface area contributed by atoms with Crippen molar-refractivity contribution in [3.05, 3.63) is 35.7 Å². The molecule has 2 aromatic rings. The van der Waals surface area contributed by atoms with Crippen molar-refractivity contribution in [3.8, 4) is 0 Å². The summed E-state index contributed by atoms with van der Waals surface area (Å²) in [5.74, 6) is 0.693. The van der Waals surface area contributed by atoms with Gasteiger partial charge in [-0.1, -0.05) is 29.5 Å².